The van der Waals surface area contributed by atoms with Gasteiger partial charge in [0.25, 0.3) is 0 Å². The van der Waals surface area contributed by atoms with Gasteiger partial charge in [0, 0.05) is 5.33 Å². The molecule has 2 heteroatoms. The molecule has 1 aliphatic rings. The van der Waals surface area contributed by atoms with Gasteiger partial charge in [-0.25, -0.2) is 0 Å². The molecule has 1 aliphatic heterocycles. The molecule has 0 aromatic rings. The Kier molecular flexibility index (Phi) is 2.53. The lowest BCUT2D eigenvalue weighted by molar-refractivity contribution is 0.625. The largest absolute Gasteiger partial charge is 0.161 e. The van der Waals surface area contributed by atoms with Crippen molar-refractivity contribution in [3.8, 4) is 0 Å². The molecule has 0 bridgehead atoms. The first-order valence-corrected chi connectivity index (χ1v) is 4.85. The Morgan fingerprint density at radius 3 is 2.43 bits per heavy atom. The third-order valence-electron chi connectivity index (χ3n) is 1.22. The summed E-state index contributed by atoms with van der Waals surface area (Å²) < 4.78 is 0. The first-order valence-electron chi connectivity index (χ1n) is 2.57. The van der Waals surface area contributed by atoms with Crippen LogP contribution in [0.3, 0.4) is 0 Å². The van der Waals surface area contributed by atoms with E-state index in [0.717, 1.165) is 5.92 Å². The average molecular weight is 181 g/mol. The number of hydrogen-bond donors (Lipinski definition) is 0. The zero-order valence-electron chi connectivity index (χ0n) is 4.19. The molecule has 0 aromatic heterocycles. The van der Waals surface area contributed by atoms with Gasteiger partial charge >= 0.3 is 0 Å². The predicted octanol–water partition coefficient (Wildman–Crippen LogP) is 2.13. The number of alkyl halides is 1. The van der Waals surface area contributed by atoms with E-state index >= 15 is 0 Å². The van der Waals surface area contributed by atoms with E-state index in [1.165, 1.54) is 23.3 Å². The second kappa shape index (κ2) is 2.98. The molecule has 1 saturated heterocycles. The van der Waals surface area contributed by atoms with Crippen LogP contribution in [0.1, 0.15) is 6.42 Å². The number of rotatable bonds is 2. The second-order valence-electron chi connectivity index (χ2n) is 1.88. The molecule has 0 amide bonds. The van der Waals surface area contributed by atoms with E-state index < -0.39 is 0 Å². The van der Waals surface area contributed by atoms with Crippen LogP contribution in [-0.4, -0.2) is 16.8 Å². The van der Waals surface area contributed by atoms with Crippen LogP contribution in [0.2, 0.25) is 0 Å². The van der Waals surface area contributed by atoms with Gasteiger partial charge in [-0.15, -0.1) is 0 Å². The Balaban J connectivity index is 1.93. The van der Waals surface area contributed by atoms with Crippen molar-refractivity contribution in [2.45, 2.75) is 6.42 Å². The van der Waals surface area contributed by atoms with Crippen molar-refractivity contribution in [2.24, 2.45) is 5.92 Å². The minimum absolute atomic E-state index is 1.05. The van der Waals surface area contributed by atoms with Crippen molar-refractivity contribution in [1.29, 1.82) is 0 Å². The summed E-state index contributed by atoms with van der Waals surface area (Å²) in [6.07, 6.45) is 1.38. The summed E-state index contributed by atoms with van der Waals surface area (Å²) in [5.41, 5.74) is 0. The summed E-state index contributed by atoms with van der Waals surface area (Å²) in [6.45, 7) is 0. The molecule has 1 heterocycles. The topological polar surface area (TPSA) is 0 Å². The first-order chi connectivity index (χ1) is 3.43. The maximum absolute atomic E-state index is 3.42. The third-order valence-corrected chi connectivity index (χ3v) is 3.10. The minimum Gasteiger partial charge on any atom is -0.161 e. The van der Waals surface area contributed by atoms with Crippen molar-refractivity contribution in [2.75, 3.05) is 16.8 Å². The lowest BCUT2D eigenvalue weighted by Gasteiger charge is -2.23. The minimum atomic E-state index is 1.05. The molecule has 7 heavy (non-hydrogen) atoms. The van der Waals surface area contributed by atoms with Crippen LogP contribution in [0, 0.1) is 5.92 Å². The van der Waals surface area contributed by atoms with Crippen molar-refractivity contribution >= 4 is 27.7 Å². The summed E-state index contributed by atoms with van der Waals surface area (Å²) in [6, 6.07) is 0. The van der Waals surface area contributed by atoms with Gasteiger partial charge in [0.2, 0.25) is 0 Å². The molecule has 0 aromatic carbocycles. The quantitative estimate of drug-likeness (QED) is 0.588. The van der Waals surface area contributed by atoms with E-state index in [0.29, 0.717) is 0 Å². The van der Waals surface area contributed by atoms with Gasteiger partial charge in [-0.2, -0.15) is 11.8 Å². The maximum Gasteiger partial charge on any atom is 0.00345 e. The van der Waals surface area contributed by atoms with Crippen molar-refractivity contribution in [3.63, 3.8) is 0 Å². The van der Waals surface area contributed by atoms with Crippen molar-refractivity contribution < 1.29 is 0 Å². The predicted molar refractivity (Wildman–Crippen MR) is 39.2 cm³/mol. The van der Waals surface area contributed by atoms with Gasteiger partial charge in [0.05, 0.1) is 0 Å². The summed E-state index contributed by atoms with van der Waals surface area (Å²) >= 11 is 5.48. The molecule has 0 aliphatic carbocycles. The molecule has 0 spiro atoms. The monoisotopic (exact) mass is 180 g/mol. The molecular formula is C5H9BrS. The highest BCUT2D eigenvalue weighted by Crippen LogP contribution is 2.27. The highest BCUT2D eigenvalue weighted by Gasteiger charge is 2.15. The van der Waals surface area contributed by atoms with Crippen molar-refractivity contribution in [1.82, 2.24) is 0 Å². The smallest absolute Gasteiger partial charge is 0.00345 e. The lowest BCUT2D eigenvalue weighted by Crippen LogP contribution is -2.17. The van der Waals surface area contributed by atoms with Gasteiger partial charge in [-0.1, -0.05) is 15.9 Å². The van der Waals surface area contributed by atoms with Gasteiger partial charge < -0.3 is 0 Å². The van der Waals surface area contributed by atoms with Crippen LogP contribution in [0.25, 0.3) is 0 Å². The first kappa shape index (κ1) is 5.96. The molecule has 0 N–H and O–H groups in total. The van der Waals surface area contributed by atoms with Gasteiger partial charge in [0.15, 0.2) is 0 Å². The molecule has 0 atom stereocenters. The van der Waals surface area contributed by atoms with Crippen molar-refractivity contribution in [3.05, 3.63) is 0 Å². The normalized spacial score (nSPS) is 21.9. The molecule has 0 saturated carbocycles. The summed E-state index contributed by atoms with van der Waals surface area (Å²) in [5.74, 6) is 3.86. The van der Waals surface area contributed by atoms with E-state index in [9.17, 15) is 0 Å². The fraction of sp³-hybridized carbons (Fsp3) is 1.00. The fourth-order valence-electron chi connectivity index (χ4n) is 0.605. The summed E-state index contributed by atoms with van der Waals surface area (Å²) in [4.78, 5) is 0. The van der Waals surface area contributed by atoms with Crippen LogP contribution in [0.4, 0.5) is 0 Å². The SMILES string of the molecule is BrCCC1CSC1. The second-order valence-corrected chi connectivity index (χ2v) is 3.75. The van der Waals surface area contributed by atoms with Crippen LogP contribution < -0.4 is 0 Å². The number of hydrogen-bond acceptors (Lipinski definition) is 1. The molecular weight excluding hydrogens is 172 g/mol. The molecule has 1 rings (SSSR count). The Bertz CT molecular complexity index is 52.0. The zero-order valence-corrected chi connectivity index (χ0v) is 6.59. The summed E-state index contributed by atoms with van der Waals surface area (Å²) in [7, 11) is 0. The highest BCUT2D eigenvalue weighted by atomic mass is 79.9. The summed E-state index contributed by atoms with van der Waals surface area (Å²) in [5, 5.41) is 1.19. The third kappa shape index (κ3) is 1.65. The van der Waals surface area contributed by atoms with E-state index in [1.807, 2.05) is 0 Å². The van der Waals surface area contributed by atoms with Crippen LogP contribution in [0.15, 0.2) is 0 Å². The molecule has 0 radical (unpaired) electrons. The van der Waals surface area contributed by atoms with E-state index in [4.69, 9.17) is 0 Å². The number of halogens is 1. The molecule has 42 valence electrons. The Hall–Kier alpha value is 0.830. The fourth-order valence-corrected chi connectivity index (χ4v) is 2.16. The van der Waals surface area contributed by atoms with Gasteiger partial charge in [-0.05, 0) is 23.8 Å². The molecule has 1 fully saturated rings. The zero-order chi connectivity index (χ0) is 5.11. The standard InChI is InChI=1S/C5H9BrS/c6-2-1-5-3-7-4-5/h5H,1-4H2. The Morgan fingerprint density at radius 2 is 2.29 bits per heavy atom. The van der Waals surface area contributed by atoms with Crippen LogP contribution >= 0.6 is 27.7 Å². The highest BCUT2D eigenvalue weighted by molar-refractivity contribution is 9.09. The lowest BCUT2D eigenvalue weighted by atomic mass is 10.1. The number of thioether (sulfide) groups is 1. The van der Waals surface area contributed by atoms with Crippen LogP contribution in [0.5, 0.6) is 0 Å². The van der Waals surface area contributed by atoms with Crippen LogP contribution in [-0.2, 0) is 0 Å². The van der Waals surface area contributed by atoms with Gasteiger partial charge in [-0.3, -0.25) is 0 Å². The maximum atomic E-state index is 3.42. The Labute approximate surface area is 57.2 Å². The molecule has 0 nitrogen and oxygen atoms in total. The van der Waals surface area contributed by atoms with E-state index in [1.54, 1.807) is 0 Å². The average Bonchev–Trinajstić information content (AvgIpc) is 1.55. The van der Waals surface area contributed by atoms with E-state index in [2.05, 4.69) is 27.7 Å². The Morgan fingerprint density at radius 1 is 1.57 bits per heavy atom. The molecule has 0 unspecified atom stereocenters. The van der Waals surface area contributed by atoms with E-state index in [-0.39, 0.29) is 0 Å². The van der Waals surface area contributed by atoms with Gasteiger partial charge in [0.1, 0.15) is 0 Å².